The lowest BCUT2D eigenvalue weighted by atomic mass is 9.92. The van der Waals surface area contributed by atoms with Gasteiger partial charge in [0, 0.05) is 12.1 Å². The second-order valence-corrected chi connectivity index (χ2v) is 7.49. The zero-order valence-corrected chi connectivity index (χ0v) is 13.9. The number of ether oxygens (including phenoxy) is 1. The number of hydrogen-bond donors (Lipinski definition) is 2. The number of hydrogen-bond acceptors (Lipinski definition) is 7. The zero-order valence-electron chi connectivity index (χ0n) is 11.4. The molecule has 1 heterocycles. The highest BCUT2D eigenvalue weighted by atomic mass is 35.5. The second-order valence-electron chi connectivity index (χ2n) is 4.72. The number of nitrogens with two attached hydrogens (primary N) is 1. The Kier molecular flexibility index (Phi) is 6.54. The summed E-state index contributed by atoms with van der Waals surface area (Å²) in [6, 6.07) is -0.186. The quantitative estimate of drug-likeness (QED) is 0.776. The average molecular weight is 356 g/mol. The second kappa shape index (κ2) is 7.50. The van der Waals surface area contributed by atoms with Gasteiger partial charge < -0.3 is 10.5 Å². The van der Waals surface area contributed by atoms with Gasteiger partial charge in [0.25, 0.3) is 10.0 Å². The van der Waals surface area contributed by atoms with E-state index < -0.39 is 16.0 Å². The molecule has 1 aliphatic carbocycles. The van der Waals surface area contributed by atoms with Gasteiger partial charge in [0.2, 0.25) is 0 Å². The number of nitrogens with zero attached hydrogens (tertiary/aromatic N) is 1. The van der Waals surface area contributed by atoms with Crippen LogP contribution >= 0.6 is 23.7 Å². The molecule has 2 unspecified atom stereocenters. The van der Waals surface area contributed by atoms with Crippen LogP contribution in [0.3, 0.4) is 0 Å². The molecule has 2 rings (SSSR count). The van der Waals surface area contributed by atoms with E-state index in [1.54, 1.807) is 0 Å². The van der Waals surface area contributed by atoms with E-state index in [0.29, 0.717) is 6.42 Å². The number of aromatic nitrogens is 1. The van der Waals surface area contributed by atoms with Gasteiger partial charge in [-0.3, -0.25) is 0 Å². The van der Waals surface area contributed by atoms with Crippen molar-refractivity contribution in [3.8, 4) is 0 Å². The third-order valence-electron chi connectivity index (χ3n) is 3.19. The lowest BCUT2D eigenvalue weighted by molar-refractivity contribution is 0.0590. The fourth-order valence-electron chi connectivity index (χ4n) is 2.27. The van der Waals surface area contributed by atoms with Crippen LogP contribution in [0.15, 0.2) is 9.72 Å². The highest BCUT2D eigenvalue weighted by Crippen LogP contribution is 2.24. The van der Waals surface area contributed by atoms with Gasteiger partial charge in [0.1, 0.15) is 0 Å². The largest absolute Gasteiger partial charge is 0.464 e. The Morgan fingerprint density at radius 1 is 1.52 bits per heavy atom. The first-order valence-electron chi connectivity index (χ1n) is 6.23. The number of carbonyl (C=O) groups is 1. The van der Waals surface area contributed by atoms with E-state index in [1.807, 2.05) is 0 Å². The molecule has 7 nitrogen and oxygen atoms in total. The average Bonchev–Trinajstić information content (AvgIpc) is 2.87. The Balaban J connectivity index is 0.00000220. The maximum Gasteiger partial charge on any atom is 0.358 e. The van der Waals surface area contributed by atoms with Gasteiger partial charge in [-0.15, -0.1) is 23.7 Å². The van der Waals surface area contributed by atoms with Crippen LogP contribution in [0.1, 0.15) is 36.2 Å². The van der Waals surface area contributed by atoms with Crippen molar-refractivity contribution in [1.82, 2.24) is 9.71 Å². The summed E-state index contributed by atoms with van der Waals surface area (Å²) in [5, 5.41) is 0. The maximum atomic E-state index is 12.3. The molecule has 1 saturated carbocycles. The third-order valence-corrected chi connectivity index (χ3v) is 6.08. The van der Waals surface area contributed by atoms with E-state index >= 15 is 0 Å². The molecule has 1 aliphatic rings. The summed E-state index contributed by atoms with van der Waals surface area (Å²) in [6.45, 7) is 0. The third kappa shape index (κ3) is 4.36. The van der Waals surface area contributed by atoms with Gasteiger partial charge >= 0.3 is 5.97 Å². The van der Waals surface area contributed by atoms with E-state index in [2.05, 4.69) is 14.4 Å². The number of rotatable bonds is 4. The Morgan fingerprint density at radius 3 is 2.86 bits per heavy atom. The van der Waals surface area contributed by atoms with Gasteiger partial charge in [0.05, 0.1) is 12.6 Å². The summed E-state index contributed by atoms with van der Waals surface area (Å²) in [5.41, 5.74) is 6.98. The van der Waals surface area contributed by atoms with Crippen molar-refractivity contribution < 1.29 is 17.9 Å². The standard InChI is InChI=1S/C11H17N3O4S2.ClH/c1-18-10(15)9-11(19-6-13-9)20(16,17)14-8-4-2-3-7(12)5-8;/h6-8,14H,2-5,12H2,1H3;1H. The SMILES string of the molecule is COC(=O)c1ncsc1S(=O)(=O)NC1CCCC(N)C1.Cl. The van der Waals surface area contributed by atoms with Gasteiger partial charge in [0.15, 0.2) is 9.90 Å². The normalized spacial score (nSPS) is 22.4. The molecular formula is C11H18ClN3O4S2. The van der Waals surface area contributed by atoms with Crippen LogP contribution in [0.2, 0.25) is 0 Å². The van der Waals surface area contributed by atoms with Crippen LogP contribution < -0.4 is 10.5 Å². The van der Waals surface area contributed by atoms with Gasteiger partial charge in [-0.1, -0.05) is 6.42 Å². The number of esters is 1. The van der Waals surface area contributed by atoms with Crippen molar-refractivity contribution in [2.45, 2.75) is 42.0 Å². The van der Waals surface area contributed by atoms with Crippen molar-refractivity contribution in [2.75, 3.05) is 7.11 Å². The van der Waals surface area contributed by atoms with Crippen LogP contribution in [-0.4, -0.2) is 38.6 Å². The van der Waals surface area contributed by atoms with E-state index in [4.69, 9.17) is 5.73 Å². The topological polar surface area (TPSA) is 111 Å². The highest BCUT2D eigenvalue weighted by molar-refractivity contribution is 7.91. The van der Waals surface area contributed by atoms with Gasteiger partial charge in [-0.05, 0) is 19.3 Å². The number of thiazole rings is 1. The Bertz CT molecular complexity index is 590. The van der Waals surface area contributed by atoms with E-state index in [0.717, 1.165) is 30.6 Å². The van der Waals surface area contributed by atoms with Crippen molar-refractivity contribution in [2.24, 2.45) is 5.73 Å². The summed E-state index contributed by atoms with van der Waals surface area (Å²) in [4.78, 5) is 15.3. The molecule has 1 aromatic heterocycles. The predicted octanol–water partition coefficient (Wildman–Crippen LogP) is 0.900. The molecule has 2 atom stereocenters. The molecule has 0 aromatic carbocycles. The first-order valence-corrected chi connectivity index (χ1v) is 8.60. The number of methoxy groups -OCH3 is 1. The fraction of sp³-hybridized carbons (Fsp3) is 0.636. The molecule has 21 heavy (non-hydrogen) atoms. The number of nitrogens with one attached hydrogen (secondary N) is 1. The van der Waals surface area contributed by atoms with E-state index in [9.17, 15) is 13.2 Å². The Labute approximate surface area is 133 Å². The summed E-state index contributed by atoms with van der Waals surface area (Å²) in [5.74, 6) is -0.757. The van der Waals surface area contributed by atoms with Crippen molar-refractivity contribution in [3.63, 3.8) is 0 Å². The molecule has 0 spiro atoms. The minimum absolute atomic E-state index is 0. The Hall–Kier alpha value is -0.740. The molecule has 0 saturated heterocycles. The van der Waals surface area contributed by atoms with Crippen LogP contribution in [-0.2, 0) is 14.8 Å². The summed E-state index contributed by atoms with van der Waals surface area (Å²) >= 11 is 0.896. The zero-order chi connectivity index (χ0) is 14.8. The predicted molar refractivity (Wildman–Crippen MR) is 81.3 cm³/mol. The number of sulfonamides is 1. The highest BCUT2D eigenvalue weighted by Gasteiger charge is 2.30. The summed E-state index contributed by atoms with van der Waals surface area (Å²) < 4.78 is 31.7. The molecular weight excluding hydrogens is 338 g/mol. The summed E-state index contributed by atoms with van der Waals surface area (Å²) in [6.07, 6.45) is 3.15. The molecule has 0 radical (unpaired) electrons. The monoisotopic (exact) mass is 355 g/mol. The smallest absolute Gasteiger partial charge is 0.358 e. The number of carbonyl (C=O) groups excluding carboxylic acids is 1. The first kappa shape index (κ1) is 18.3. The van der Waals surface area contributed by atoms with E-state index in [-0.39, 0.29) is 34.4 Å². The lowest BCUT2D eigenvalue weighted by Gasteiger charge is -2.26. The molecule has 120 valence electrons. The van der Waals surface area contributed by atoms with Crippen LogP contribution in [0, 0.1) is 0 Å². The molecule has 10 heteroatoms. The summed E-state index contributed by atoms with van der Waals surface area (Å²) in [7, 11) is -2.59. The lowest BCUT2D eigenvalue weighted by Crippen LogP contribution is -2.42. The molecule has 0 aliphatic heterocycles. The minimum atomic E-state index is -3.78. The maximum absolute atomic E-state index is 12.3. The molecule has 0 bridgehead atoms. The van der Waals surface area contributed by atoms with Gasteiger partial charge in [-0.25, -0.2) is 22.9 Å². The van der Waals surface area contributed by atoms with Crippen molar-refractivity contribution in [1.29, 1.82) is 0 Å². The fourth-order valence-corrected chi connectivity index (χ4v) is 4.70. The van der Waals surface area contributed by atoms with Crippen LogP contribution in [0.4, 0.5) is 0 Å². The van der Waals surface area contributed by atoms with Crippen molar-refractivity contribution in [3.05, 3.63) is 11.2 Å². The molecule has 1 fully saturated rings. The van der Waals surface area contributed by atoms with Crippen molar-refractivity contribution >= 4 is 39.7 Å². The van der Waals surface area contributed by atoms with Gasteiger partial charge in [-0.2, -0.15) is 0 Å². The molecule has 0 amide bonds. The van der Waals surface area contributed by atoms with Crippen LogP contribution in [0.25, 0.3) is 0 Å². The first-order chi connectivity index (χ1) is 9.44. The molecule has 3 N–H and O–H groups in total. The van der Waals surface area contributed by atoms with Crippen LogP contribution in [0.5, 0.6) is 0 Å². The Morgan fingerprint density at radius 2 is 2.24 bits per heavy atom. The minimum Gasteiger partial charge on any atom is -0.464 e. The molecule has 1 aromatic rings. The number of halogens is 1. The van der Waals surface area contributed by atoms with E-state index in [1.165, 1.54) is 12.6 Å².